The molecule has 0 aliphatic heterocycles. The fraction of sp³-hybridized carbons (Fsp3) is 0.417. The second-order valence-electron chi connectivity index (χ2n) is 3.77. The highest BCUT2D eigenvalue weighted by atomic mass is 35.5. The zero-order valence-corrected chi connectivity index (χ0v) is 12.6. The molecular formula is C12H15Cl2NO4. The van der Waals surface area contributed by atoms with Crippen LogP contribution >= 0.6 is 23.2 Å². The first kappa shape index (κ1) is 15.7. The molecule has 0 aliphatic carbocycles. The Morgan fingerprint density at radius 1 is 1.11 bits per heavy atom. The van der Waals surface area contributed by atoms with Crippen LogP contribution < -0.4 is 15.2 Å². The van der Waals surface area contributed by atoms with Gasteiger partial charge in [-0.15, -0.1) is 0 Å². The van der Waals surface area contributed by atoms with Crippen LogP contribution in [0, 0.1) is 0 Å². The normalized spacial score (nSPS) is 11.9. The van der Waals surface area contributed by atoms with Crippen LogP contribution in [0.3, 0.4) is 0 Å². The van der Waals surface area contributed by atoms with Gasteiger partial charge in [-0.1, -0.05) is 23.2 Å². The Labute approximate surface area is 121 Å². The molecule has 0 spiro atoms. The summed E-state index contributed by atoms with van der Waals surface area (Å²) in [7, 11) is 4.12. The number of anilines is 1. The van der Waals surface area contributed by atoms with E-state index in [-0.39, 0.29) is 27.2 Å². The number of carbonyl (C=O) groups is 1. The molecule has 0 fully saturated rings. The van der Waals surface area contributed by atoms with Crippen LogP contribution in [0.5, 0.6) is 11.5 Å². The molecular weight excluding hydrogens is 293 g/mol. The summed E-state index contributed by atoms with van der Waals surface area (Å²) in [5.41, 5.74) is 6.39. The molecule has 7 heteroatoms. The fourth-order valence-electron chi connectivity index (χ4n) is 1.75. The smallest absolute Gasteiger partial charge is 0.312 e. The first-order valence-electron chi connectivity index (χ1n) is 5.36. The van der Waals surface area contributed by atoms with Gasteiger partial charge in [0, 0.05) is 5.56 Å². The summed E-state index contributed by atoms with van der Waals surface area (Å²) in [6, 6.07) is 0. The standard InChI is InChI=1S/C12H15Cl2NO4/c1-5(12(16)19-4)6-7(13)9(15)11(18-3)10(17-2)8(6)14/h5H,15H2,1-4H3/t5-/m1/s1. The Morgan fingerprint density at radius 2 is 1.63 bits per heavy atom. The van der Waals surface area contributed by atoms with E-state index in [4.69, 9.17) is 38.4 Å². The van der Waals surface area contributed by atoms with Gasteiger partial charge in [0.2, 0.25) is 0 Å². The van der Waals surface area contributed by atoms with E-state index in [9.17, 15) is 4.79 Å². The lowest BCUT2D eigenvalue weighted by Gasteiger charge is -2.20. The minimum Gasteiger partial charge on any atom is -0.491 e. The summed E-state index contributed by atoms with van der Waals surface area (Å²) in [6.45, 7) is 1.62. The highest BCUT2D eigenvalue weighted by Gasteiger charge is 2.29. The van der Waals surface area contributed by atoms with Crippen LogP contribution in [-0.4, -0.2) is 27.3 Å². The zero-order valence-electron chi connectivity index (χ0n) is 11.0. The molecule has 1 aromatic rings. The molecule has 0 amide bonds. The van der Waals surface area contributed by atoms with Crippen molar-refractivity contribution in [2.45, 2.75) is 12.8 Å². The van der Waals surface area contributed by atoms with Gasteiger partial charge in [0.15, 0.2) is 11.5 Å². The second kappa shape index (κ2) is 6.21. The summed E-state index contributed by atoms with van der Waals surface area (Å²) in [5, 5.41) is 0.331. The number of hydrogen-bond acceptors (Lipinski definition) is 5. The van der Waals surface area contributed by atoms with Gasteiger partial charge in [-0.05, 0) is 6.92 Å². The molecule has 0 aromatic heterocycles. The molecule has 1 atom stereocenters. The van der Waals surface area contributed by atoms with Crippen molar-refractivity contribution in [1.82, 2.24) is 0 Å². The van der Waals surface area contributed by atoms with Gasteiger partial charge in [0.25, 0.3) is 0 Å². The summed E-state index contributed by atoms with van der Waals surface area (Å²) < 4.78 is 15.0. The maximum absolute atomic E-state index is 11.6. The number of benzene rings is 1. The van der Waals surface area contributed by atoms with Crippen LogP contribution in [-0.2, 0) is 9.53 Å². The SMILES string of the molecule is COC(=O)[C@H](C)c1c(Cl)c(N)c(OC)c(OC)c1Cl. The van der Waals surface area contributed by atoms with Crippen molar-refractivity contribution in [3.8, 4) is 11.5 Å². The Kier molecular flexibility index (Phi) is 5.14. The fourth-order valence-corrected chi connectivity index (χ4v) is 2.56. The third kappa shape index (κ3) is 2.67. The lowest BCUT2D eigenvalue weighted by atomic mass is 9.99. The number of hydrogen-bond donors (Lipinski definition) is 1. The molecule has 0 heterocycles. The van der Waals surface area contributed by atoms with E-state index >= 15 is 0 Å². The van der Waals surface area contributed by atoms with E-state index in [1.165, 1.54) is 21.3 Å². The first-order valence-corrected chi connectivity index (χ1v) is 6.12. The van der Waals surface area contributed by atoms with Gasteiger partial charge in [0.1, 0.15) is 0 Å². The molecule has 0 aliphatic rings. The van der Waals surface area contributed by atoms with Gasteiger partial charge in [0.05, 0.1) is 43.0 Å². The minimum absolute atomic E-state index is 0.153. The summed E-state index contributed by atoms with van der Waals surface area (Å²) in [5.74, 6) is -0.683. The number of rotatable bonds is 4. The average Bonchev–Trinajstić information content (AvgIpc) is 2.41. The molecule has 1 rings (SSSR count). The number of nitrogens with two attached hydrogens (primary N) is 1. The summed E-state index contributed by atoms with van der Waals surface area (Å²) in [6.07, 6.45) is 0. The third-order valence-electron chi connectivity index (χ3n) is 2.76. The van der Waals surface area contributed by atoms with Gasteiger partial charge < -0.3 is 19.9 Å². The summed E-state index contributed by atoms with van der Waals surface area (Å²) >= 11 is 12.4. The molecule has 5 nitrogen and oxygen atoms in total. The predicted molar refractivity (Wildman–Crippen MR) is 74.4 cm³/mol. The lowest BCUT2D eigenvalue weighted by molar-refractivity contribution is -0.141. The quantitative estimate of drug-likeness (QED) is 0.684. The van der Waals surface area contributed by atoms with E-state index < -0.39 is 11.9 Å². The van der Waals surface area contributed by atoms with E-state index in [0.717, 1.165) is 0 Å². The minimum atomic E-state index is -0.674. The highest BCUT2D eigenvalue weighted by molar-refractivity contribution is 6.39. The Balaban J connectivity index is 3.58. The Bertz CT molecular complexity index is 505. The molecule has 1 aromatic carbocycles. The topological polar surface area (TPSA) is 70.8 Å². The van der Waals surface area contributed by atoms with Crippen LogP contribution in [0.2, 0.25) is 10.0 Å². The highest BCUT2D eigenvalue weighted by Crippen LogP contribution is 2.49. The maximum Gasteiger partial charge on any atom is 0.312 e. The molecule has 106 valence electrons. The molecule has 0 bridgehead atoms. The van der Waals surface area contributed by atoms with Crippen molar-refractivity contribution in [1.29, 1.82) is 0 Å². The Morgan fingerprint density at radius 3 is 2.05 bits per heavy atom. The van der Waals surface area contributed by atoms with E-state index in [1.807, 2.05) is 0 Å². The number of carbonyl (C=O) groups excluding carboxylic acids is 1. The average molecular weight is 308 g/mol. The van der Waals surface area contributed by atoms with Gasteiger partial charge >= 0.3 is 5.97 Å². The first-order chi connectivity index (χ1) is 8.90. The number of halogens is 2. The second-order valence-corrected chi connectivity index (χ2v) is 4.52. The zero-order chi connectivity index (χ0) is 14.7. The molecule has 0 saturated carbocycles. The van der Waals surface area contributed by atoms with Crippen LogP contribution in [0.1, 0.15) is 18.4 Å². The molecule has 0 radical (unpaired) electrons. The third-order valence-corrected chi connectivity index (χ3v) is 3.54. The number of esters is 1. The van der Waals surface area contributed by atoms with Gasteiger partial charge in [-0.25, -0.2) is 0 Å². The van der Waals surface area contributed by atoms with Crippen molar-refractivity contribution in [3.05, 3.63) is 15.6 Å². The number of ether oxygens (including phenoxy) is 3. The number of nitrogen functional groups attached to an aromatic ring is 1. The van der Waals surface area contributed by atoms with E-state index in [1.54, 1.807) is 6.92 Å². The largest absolute Gasteiger partial charge is 0.491 e. The Hall–Kier alpha value is -1.33. The van der Waals surface area contributed by atoms with Crippen LogP contribution in [0.4, 0.5) is 5.69 Å². The molecule has 0 saturated heterocycles. The number of methoxy groups -OCH3 is 3. The van der Waals surface area contributed by atoms with E-state index in [0.29, 0.717) is 5.56 Å². The maximum atomic E-state index is 11.6. The van der Waals surface area contributed by atoms with Crippen LogP contribution in [0.15, 0.2) is 0 Å². The van der Waals surface area contributed by atoms with Crippen molar-refractivity contribution in [2.24, 2.45) is 0 Å². The monoisotopic (exact) mass is 307 g/mol. The van der Waals surface area contributed by atoms with Crippen molar-refractivity contribution >= 4 is 34.9 Å². The van der Waals surface area contributed by atoms with E-state index in [2.05, 4.69) is 4.74 Å². The van der Waals surface area contributed by atoms with Crippen molar-refractivity contribution in [2.75, 3.05) is 27.1 Å². The van der Waals surface area contributed by atoms with Crippen molar-refractivity contribution in [3.63, 3.8) is 0 Å². The molecule has 2 N–H and O–H groups in total. The predicted octanol–water partition coefficient (Wildman–Crippen LogP) is 2.87. The molecule has 0 unspecified atom stereocenters. The summed E-state index contributed by atoms with van der Waals surface area (Å²) in [4.78, 5) is 11.6. The van der Waals surface area contributed by atoms with Gasteiger partial charge in [-0.3, -0.25) is 4.79 Å². The van der Waals surface area contributed by atoms with Gasteiger partial charge in [-0.2, -0.15) is 0 Å². The van der Waals surface area contributed by atoms with Crippen LogP contribution in [0.25, 0.3) is 0 Å². The molecule has 19 heavy (non-hydrogen) atoms. The lowest BCUT2D eigenvalue weighted by Crippen LogP contribution is -2.13. The van der Waals surface area contributed by atoms with Crippen molar-refractivity contribution < 1.29 is 19.0 Å².